The van der Waals surface area contributed by atoms with Gasteiger partial charge in [0.15, 0.2) is 0 Å². The zero-order valence-corrected chi connectivity index (χ0v) is 6.82. The Bertz CT molecular complexity index is 330. The van der Waals surface area contributed by atoms with E-state index in [9.17, 15) is 4.79 Å². The summed E-state index contributed by atoms with van der Waals surface area (Å²) in [5.74, 6) is -0.0355. The normalized spacial score (nSPS) is 10.2. The van der Waals surface area contributed by atoms with Gasteiger partial charge in [0, 0.05) is 18.3 Å². The van der Waals surface area contributed by atoms with Gasteiger partial charge in [-0.15, -0.1) is 0 Å². The summed E-state index contributed by atoms with van der Waals surface area (Å²) in [4.78, 5) is 11.1. The third kappa shape index (κ3) is 1.65. The van der Waals surface area contributed by atoms with Crippen LogP contribution in [0.1, 0.15) is 5.69 Å². The first-order valence-electron chi connectivity index (χ1n) is 3.66. The Morgan fingerprint density at radius 2 is 2.17 bits per heavy atom. The van der Waals surface area contributed by atoms with E-state index in [2.05, 4.69) is 0 Å². The van der Waals surface area contributed by atoms with Crippen molar-refractivity contribution in [3.8, 4) is 5.75 Å². The van der Waals surface area contributed by atoms with E-state index < -0.39 is 0 Å². The first-order chi connectivity index (χ1) is 5.65. The largest absolute Gasteiger partial charge is 0.508 e. The lowest BCUT2D eigenvalue weighted by molar-refractivity contribution is 0.272. The molecule has 4 heteroatoms. The van der Waals surface area contributed by atoms with Gasteiger partial charge >= 0.3 is 0 Å². The molecule has 0 aliphatic heterocycles. The second-order valence-corrected chi connectivity index (χ2v) is 2.57. The van der Waals surface area contributed by atoms with Crippen LogP contribution in [0.15, 0.2) is 16.9 Å². The lowest BCUT2D eigenvalue weighted by atomic mass is 10.3. The van der Waals surface area contributed by atoms with Gasteiger partial charge in [-0.25, -0.2) is 0 Å². The SMILES string of the molecule is Cc1cc(O)cc(=O)n1CCO. The van der Waals surface area contributed by atoms with Crippen molar-refractivity contribution in [3.05, 3.63) is 28.2 Å². The van der Waals surface area contributed by atoms with Crippen LogP contribution in [0, 0.1) is 6.92 Å². The summed E-state index contributed by atoms with van der Waals surface area (Å²) in [6, 6.07) is 2.61. The van der Waals surface area contributed by atoms with Crippen LogP contribution in [0.5, 0.6) is 5.75 Å². The van der Waals surface area contributed by atoms with Gasteiger partial charge in [-0.2, -0.15) is 0 Å². The van der Waals surface area contributed by atoms with Gasteiger partial charge in [-0.1, -0.05) is 0 Å². The van der Waals surface area contributed by atoms with Crippen molar-refractivity contribution in [2.75, 3.05) is 6.61 Å². The predicted octanol–water partition coefficient (Wildman–Crippen LogP) is -0.145. The van der Waals surface area contributed by atoms with E-state index in [1.165, 1.54) is 10.6 Å². The molecule has 0 fully saturated rings. The second kappa shape index (κ2) is 3.40. The minimum absolute atomic E-state index is 0.0355. The van der Waals surface area contributed by atoms with Crippen LogP contribution in [0.2, 0.25) is 0 Å². The Balaban J connectivity index is 3.19. The Morgan fingerprint density at radius 1 is 1.50 bits per heavy atom. The van der Waals surface area contributed by atoms with Gasteiger partial charge in [0.05, 0.1) is 6.61 Å². The van der Waals surface area contributed by atoms with Crippen molar-refractivity contribution in [3.63, 3.8) is 0 Å². The van der Waals surface area contributed by atoms with E-state index in [1.807, 2.05) is 0 Å². The molecule has 2 N–H and O–H groups in total. The Hall–Kier alpha value is -1.29. The Kier molecular flexibility index (Phi) is 2.50. The van der Waals surface area contributed by atoms with Crippen LogP contribution in [-0.4, -0.2) is 21.4 Å². The topological polar surface area (TPSA) is 62.5 Å². The number of aliphatic hydroxyl groups excluding tert-OH is 1. The number of hydrogen-bond acceptors (Lipinski definition) is 3. The molecule has 66 valence electrons. The molecule has 1 aromatic heterocycles. The molecule has 1 rings (SSSR count). The van der Waals surface area contributed by atoms with Gasteiger partial charge in [-0.05, 0) is 13.0 Å². The second-order valence-electron chi connectivity index (χ2n) is 2.57. The number of nitrogens with zero attached hydrogens (tertiary/aromatic N) is 1. The summed E-state index contributed by atoms with van der Waals surface area (Å²) < 4.78 is 1.40. The molecule has 0 saturated carbocycles. The summed E-state index contributed by atoms with van der Waals surface area (Å²) in [6.45, 7) is 1.90. The third-order valence-electron chi connectivity index (χ3n) is 1.64. The van der Waals surface area contributed by atoms with Gasteiger partial charge in [0.2, 0.25) is 0 Å². The van der Waals surface area contributed by atoms with Gasteiger partial charge in [0.25, 0.3) is 5.56 Å². The van der Waals surface area contributed by atoms with E-state index in [0.29, 0.717) is 5.69 Å². The monoisotopic (exact) mass is 169 g/mol. The maximum absolute atomic E-state index is 11.1. The highest BCUT2D eigenvalue weighted by Crippen LogP contribution is 2.06. The maximum Gasteiger partial charge on any atom is 0.254 e. The Morgan fingerprint density at radius 3 is 2.67 bits per heavy atom. The minimum Gasteiger partial charge on any atom is -0.508 e. The van der Waals surface area contributed by atoms with E-state index in [-0.39, 0.29) is 24.5 Å². The average molecular weight is 169 g/mol. The molecule has 0 saturated heterocycles. The van der Waals surface area contributed by atoms with Crippen LogP contribution in [-0.2, 0) is 6.54 Å². The highest BCUT2D eigenvalue weighted by atomic mass is 16.3. The molecular weight excluding hydrogens is 158 g/mol. The lowest BCUT2D eigenvalue weighted by Crippen LogP contribution is -2.22. The van der Waals surface area contributed by atoms with Gasteiger partial charge < -0.3 is 14.8 Å². The maximum atomic E-state index is 11.1. The van der Waals surface area contributed by atoms with Crippen molar-refractivity contribution in [1.82, 2.24) is 4.57 Å². The number of hydrogen-bond donors (Lipinski definition) is 2. The molecule has 12 heavy (non-hydrogen) atoms. The third-order valence-corrected chi connectivity index (χ3v) is 1.64. The number of rotatable bonds is 2. The summed E-state index contributed by atoms with van der Waals surface area (Å²) in [5.41, 5.74) is 0.357. The van der Waals surface area contributed by atoms with Crippen LogP contribution < -0.4 is 5.56 Å². The zero-order valence-electron chi connectivity index (χ0n) is 6.82. The summed E-state index contributed by atoms with van der Waals surface area (Å²) in [5, 5.41) is 17.6. The van der Waals surface area contributed by atoms with Crippen LogP contribution in [0.25, 0.3) is 0 Å². The zero-order chi connectivity index (χ0) is 9.14. The van der Waals surface area contributed by atoms with Crippen LogP contribution in [0.4, 0.5) is 0 Å². The molecule has 0 aliphatic rings. The number of aryl methyl sites for hydroxylation is 1. The van der Waals surface area contributed by atoms with Crippen molar-refractivity contribution >= 4 is 0 Å². The van der Waals surface area contributed by atoms with Crippen molar-refractivity contribution in [2.24, 2.45) is 0 Å². The number of aromatic hydroxyl groups is 1. The summed E-state index contributed by atoms with van der Waals surface area (Å²) >= 11 is 0. The van der Waals surface area contributed by atoms with Gasteiger partial charge in [-0.3, -0.25) is 4.79 Å². The summed E-state index contributed by atoms with van der Waals surface area (Å²) in [7, 11) is 0. The number of pyridine rings is 1. The first kappa shape index (κ1) is 8.80. The fraction of sp³-hybridized carbons (Fsp3) is 0.375. The molecule has 1 heterocycles. The number of aromatic nitrogens is 1. The molecule has 0 atom stereocenters. The molecule has 1 aromatic rings. The van der Waals surface area contributed by atoms with Crippen LogP contribution >= 0.6 is 0 Å². The molecule has 0 spiro atoms. The van der Waals surface area contributed by atoms with E-state index in [1.54, 1.807) is 6.92 Å². The quantitative estimate of drug-likeness (QED) is 0.647. The lowest BCUT2D eigenvalue weighted by Gasteiger charge is -2.07. The standard InChI is InChI=1S/C8H11NO3/c1-6-4-7(11)5-8(12)9(6)2-3-10/h4-5,10-11H,2-3H2,1H3. The van der Waals surface area contributed by atoms with E-state index in [0.717, 1.165) is 6.07 Å². The van der Waals surface area contributed by atoms with Crippen LogP contribution in [0.3, 0.4) is 0 Å². The number of aliphatic hydroxyl groups is 1. The molecule has 0 amide bonds. The highest BCUT2D eigenvalue weighted by Gasteiger charge is 2.00. The summed E-state index contributed by atoms with van der Waals surface area (Å²) in [6.07, 6.45) is 0. The highest BCUT2D eigenvalue weighted by molar-refractivity contribution is 5.21. The molecule has 0 aliphatic carbocycles. The fourth-order valence-corrected chi connectivity index (χ4v) is 1.10. The van der Waals surface area contributed by atoms with Gasteiger partial charge in [0.1, 0.15) is 5.75 Å². The van der Waals surface area contributed by atoms with Crippen molar-refractivity contribution < 1.29 is 10.2 Å². The first-order valence-corrected chi connectivity index (χ1v) is 3.66. The molecule has 4 nitrogen and oxygen atoms in total. The van der Waals surface area contributed by atoms with E-state index in [4.69, 9.17) is 10.2 Å². The minimum atomic E-state index is -0.290. The van der Waals surface area contributed by atoms with Crippen molar-refractivity contribution in [2.45, 2.75) is 13.5 Å². The smallest absolute Gasteiger partial charge is 0.254 e. The molecular formula is C8H11NO3. The molecule has 0 radical (unpaired) electrons. The molecule has 0 bridgehead atoms. The van der Waals surface area contributed by atoms with Crippen molar-refractivity contribution in [1.29, 1.82) is 0 Å². The Labute approximate surface area is 69.7 Å². The van der Waals surface area contributed by atoms with E-state index >= 15 is 0 Å². The average Bonchev–Trinajstić information content (AvgIpc) is 1.96. The fourth-order valence-electron chi connectivity index (χ4n) is 1.10. The molecule has 0 aromatic carbocycles. The predicted molar refractivity (Wildman–Crippen MR) is 44.2 cm³/mol. The molecule has 0 unspecified atom stereocenters.